The van der Waals surface area contributed by atoms with E-state index in [4.69, 9.17) is 0 Å². The topological polar surface area (TPSA) is 57.2 Å². The van der Waals surface area contributed by atoms with Crippen molar-refractivity contribution in [1.82, 2.24) is 0 Å². The van der Waals surface area contributed by atoms with Gasteiger partial charge < -0.3 is 4.55 Å². The Balaban J connectivity index is 0.00000208. The van der Waals surface area contributed by atoms with E-state index in [0.717, 1.165) is 15.9 Å². The maximum absolute atomic E-state index is 11.3. The first-order chi connectivity index (χ1) is 11.1. The largest absolute Gasteiger partial charge is 1.00 e. The fraction of sp³-hybridized carbons (Fsp3) is 0. The first-order valence-corrected chi connectivity index (χ1v) is 9.77. The van der Waals surface area contributed by atoms with Gasteiger partial charge in [-0.2, -0.15) is 0 Å². The van der Waals surface area contributed by atoms with E-state index >= 15 is 0 Å². The van der Waals surface area contributed by atoms with Gasteiger partial charge in [0.1, 0.15) is 10.1 Å². The molecule has 0 radical (unpaired) electrons. The van der Waals surface area contributed by atoms with Crippen LogP contribution in [0.2, 0.25) is 0 Å². The van der Waals surface area contributed by atoms with Crippen molar-refractivity contribution >= 4 is 34.0 Å². The maximum atomic E-state index is 11.3. The summed E-state index contributed by atoms with van der Waals surface area (Å²) in [5.74, 6) is 0. The molecule has 3 aromatic carbocycles. The summed E-state index contributed by atoms with van der Waals surface area (Å²) >= 11 is 0. The molecule has 0 saturated heterocycles. The van der Waals surface area contributed by atoms with Crippen molar-refractivity contribution in [2.75, 3.05) is 0 Å². The summed E-state index contributed by atoms with van der Waals surface area (Å²) in [5.41, 5.74) is 0. The normalized spacial score (nSPS) is 11.1. The van der Waals surface area contributed by atoms with Crippen LogP contribution in [0, 0.1) is 0 Å². The standard InChI is InChI=1S/C18H15O3PS.Li/c19-23(20,21)18-13-7-12-17(14-18)22(15-8-3-1-4-9-15)16-10-5-2-6-11-16;/h1-14H,(H,19,20,21);/q;+1/p-1. The minimum absolute atomic E-state index is 0. The second kappa shape index (κ2) is 8.12. The third kappa shape index (κ3) is 4.36. The van der Waals surface area contributed by atoms with Crippen LogP contribution in [0.1, 0.15) is 0 Å². The Morgan fingerprint density at radius 1 is 0.667 bits per heavy atom. The van der Waals surface area contributed by atoms with Crippen LogP contribution in [0.3, 0.4) is 0 Å². The molecule has 0 spiro atoms. The Kier molecular flexibility index (Phi) is 6.40. The van der Waals surface area contributed by atoms with Crippen molar-refractivity contribution < 1.29 is 31.8 Å². The monoisotopic (exact) mass is 348 g/mol. The molecule has 0 unspecified atom stereocenters. The van der Waals surface area contributed by atoms with Gasteiger partial charge in [-0.25, -0.2) is 8.42 Å². The predicted molar refractivity (Wildman–Crippen MR) is 93.1 cm³/mol. The van der Waals surface area contributed by atoms with E-state index in [1.165, 1.54) is 12.1 Å². The molecular formula is C18H14LiO3PS. The first kappa shape index (κ1) is 18.9. The third-order valence-corrected chi connectivity index (χ3v) is 6.65. The van der Waals surface area contributed by atoms with Crippen LogP contribution >= 0.6 is 7.92 Å². The van der Waals surface area contributed by atoms with Gasteiger partial charge in [-0.15, -0.1) is 0 Å². The zero-order valence-electron chi connectivity index (χ0n) is 13.2. The molecule has 3 rings (SSSR count). The van der Waals surface area contributed by atoms with Gasteiger partial charge in [0, 0.05) is 0 Å². The number of hydrogen-bond donors (Lipinski definition) is 0. The van der Waals surface area contributed by atoms with Gasteiger partial charge in [0.2, 0.25) is 0 Å². The third-order valence-electron chi connectivity index (χ3n) is 3.39. The Bertz CT molecular complexity index is 860. The SMILES string of the molecule is O=S(=O)([O-])c1cccc(P(c2ccccc2)c2ccccc2)c1.[Li+]. The summed E-state index contributed by atoms with van der Waals surface area (Å²) in [4.78, 5) is -0.186. The van der Waals surface area contributed by atoms with Gasteiger partial charge in [0.25, 0.3) is 0 Å². The summed E-state index contributed by atoms with van der Waals surface area (Å²) in [6.45, 7) is 0. The van der Waals surface area contributed by atoms with Gasteiger partial charge in [0.15, 0.2) is 0 Å². The van der Waals surface area contributed by atoms with Gasteiger partial charge in [-0.1, -0.05) is 72.8 Å². The Hall–Kier alpha value is -1.40. The molecule has 6 heteroatoms. The molecule has 3 aromatic rings. The van der Waals surface area contributed by atoms with E-state index < -0.39 is 18.0 Å². The second-order valence-electron chi connectivity index (χ2n) is 4.96. The van der Waals surface area contributed by atoms with Crippen molar-refractivity contribution in [3.05, 3.63) is 84.9 Å². The molecule has 0 aliphatic carbocycles. The van der Waals surface area contributed by atoms with Crippen LogP contribution in [-0.4, -0.2) is 13.0 Å². The quantitative estimate of drug-likeness (QED) is 0.358. The predicted octanol–water partition coefficient (Wildman–Crippen LogP) is -0.647. The van der Waals surface area contributed by atoms with Crippen LogP contribution in [0.5, 0.6) is 0 Å². The summed E-state index contributed by atoms with van der Waals surface area (Å²) in [6.07, 6.45) is 0. The van der Waals surface area contributed by atoms with Crippen LogP contribution < -0.4 is 34.8 Å². The van der Waals surface area contributed by atoms with E-state index in [-0.39, 0.29) is 23.8 Å². The maximum Gasteiger partial charge on any atom is 1.00 e. The minimum Gasteiger partial charge on any atom is -0.744 e. The minimum atomic E-state index is -4.46. The molecule has 0 heterocycles. The Morgan fingerprint density at radius 2 is 1.12 bits per heavy atom. The summed E-state index contributed by atoms with van der Waals surface area (Å²) in [5, 5.41) is 3.05. The van der Waals surface area contributed by atoms with Gasteiger partial charge in [-0.05, 0) is 36.0 Å². The Labute approximate surface area is 155 Å². The molecule has 0 aromatic heterocycles. The van der Waals surface area contributed by atoms with Gasteiger partial charge in [0.05, 0.1) is 4.90 Å². The van der Waals surface area contributed by atoms with E-state index in [9.17, 15) is 13.0 Å². The number of benzene rings is 3. The van der Waals surface area contributed by atoms with Crippen molar-refractivity contribution in [2.24, 2.45) is 0 Å². The molecule has 0 saturated carbocycles. The van der Waals surface area contributed by atoms with Crippen molar-refractivity contribution in [3.63, 3.8) is 0 Å². The summed E-state index contributed by atoms with van der Waals surface area (Å²) in [6, 6.07) is 26.2. The number of rotatable bonds is 4. The smallest absolute Gasteiger partial charge is 0.744 e. The zero-order chi connectivity index (χ0) is 16.3. The second-order valence-corrected chi connectivity index (χ2v) is 8.56. The number of hydrogen-bond acceptors (Lipinski definition) is 3. The fourth-order valence-electron chi connectivity index (χ4n) is 2.38. The average molecular weight is 348 g/mol. The summed E-state index contributed by atoms with van der Waals surface area (Å²) < 4.78 is 34.0. The molecule has 24 heavy (non-hydrogen) atoms. The molecule has 0 aliphatic rings. The first-order valence-electron chi connectivity index (χ1n) is 7.02. The van der Waals surface area contributed by atoms with E-state index in [1.54, 1.807) is 6.07 Å². The molecule has 0 bridgehead atoms. The van der Waals surface area contributed by atoms with Gasteiger partial charge >= 0.3 is 18.9 Å². The van der Waals surface area contributed by atoms with E-state index in [2.05, 4.69) is 0 Å². The molecule has 0 amide bonds. The van der Waals surface area contributed by atoms with Gasteiger partial charge in [-0.3, -0.25) is 0 Å². The molecule has 0 N–H and O–H groups in total. The van der Waals surface area contributed by atoms with Crippen LogP contribution in [-0.2, 0) is 10.1 Å². The molecule has 0 atom stereocenters. The Morgan fingerprint density at radius 3 is 1.58 bits per heavy atom. The average Bonchev–Trinajstić information content (AvgIpc) is 2.57. The molecule has 0 aliphatic heterocycles. The fourth-order valence-corrected chi connectivity index (χ4v) is 5.32. The zero-order valence-corrected chi connectivity index (χ0v) is 14.9. The van der Waals surface area contributed by atoms with Crippen molar-refractivity contribution in [2.45, 2.75) is 4.90 Å². The van der Waals surface area contributed by atoms with E-state index in [1.807, 2.05) is 66.7 Å². The van der Waals surface area contributed by atoms with Crippen LogP contribution in [0.4, 0.5) is 0 Å². The van der Waals surface area contributed by atoms with E-state index in [0.29, 0.717) is 0 Å². The molecular weight excluding hydrogens is 334 g/mol. The molecule has 116 valence electrons. The van der Waals surface area contributed by atoms with Crippen LogP contribution in [0.25, 0.3) is 0 Å². The summed E-state index contributed by atoms with van der Waals surface area (Å²) in [7, 11) is -5.38. The van der Waals surface area contributed by atoms with Crippen LogP contribution in [0.15, 0.2) is 89.8 Å². The molecule has 0 fully saturated rings. The molecule has 3 nitrogen and oxygen atoms in total. The van der Waals surface area contributed by atoms with Crippen molar-refractivity contribution in [1.29, 1.82) is 0 Å². The van der Waals surface area contributed by atoms with Crippen molar-refractivity contribution in [3.8, 4) is 0 Å².